The van der Waals surface area contributed by atoms with E-state index >= 15 is 0 Å². The summed E-state index contributed by atoms with van der Waals surface area (Å²) >= 11 is 5.98. The van der Waals surface area contributed by atoms with E-state index in [4.69, 9.17) is 21.1 Å². The number of anilines is 1. The predicted molar refractivity (Wildman–Crippen MR) is 113 cm³/mol. The summed E-state index contributed by atoms with van der Waals surface area (Å²) in [6, 6.07) is -0.152. The van der Waals surface area contributed by atoms with E-state index in [-0.39, 0.29) is 16.7 Å². The molecule has 4 heterocycles. The largest absolute Gasteiger partial charge is 0.491 e. The molecule has 2 saturated heterocycles. The second kappa shape index (κ2) is 8.06. The van der Waals surface area contributed by atoms with E-state index in [1.54, 1.807) is 11.7 Å². The van der Waals surface area contributed by atoms with Crippen molar-refractivity contribution in [2.75, 3.05) is 32.2 Å². The van der Waals surface area contributed by atoms with Gasteiger partial charge >= 0.3 is 6.18 Å². The van der Waals surface area contributed by atoms with Crippen LogP contribution < -0.4 is 9.64 Å². The number of rotatable bonds is 6. The summed E-state index contributed by atoms with van der Waals surface area (Å²) in [5, 5.41) is 0.133. The van der Waals surface area contributed by atoms with Crippen molar-refractivity contribution in [3.8, 4) is 5.75 Å². The molecule has 1 saturated carbocycles. The van der Waals surface area contributed by atoms with Gasteiger partial charge in [-0.15, -0.1) is 0 Å². The Hall–Kier alpha value is -2.07. The van der Waals surface area contributed by atoms with Crippen molar-refractivity contribution < 1.29 is 22.6 Å². The van der Waals surface area contributed by atoms with Crippen molar-refractivity contribution in [1.29, 1.82) is 0 Å². The Morgan fingerprint density at radius 1 is 1.25 bits per heavy atom. The standard InChI is InChI=1S/C21H27ClF3N5O2/c1-13(2)30-10-15(21(23,24)25)27-17(30)20-7-5-19(6-8-20,12-32-20)11-29(3)16-14(31-4)9-26-18(22)28-16/h9-10,13H,5-8,11-12H2,1-4H3. The summed E-state index contributed by atoms with van der Waals surface area (Å²) in [5.41, 5.74) is -1.79. The van der Waals surface area contributed by atoms with Crippen molar-refractivity contribution in [3.05, 3.63) is 29.2 Å². The van der Waals surface area contributed by atoms with Crippen molar-refractivity contribution in [2.45, 2.75) is 57.3 Å². The molecular weight excluding hydrogens is 447 g/mol. The number of hydrogen-bond acceptors (Lipinski definition) is 6. The predicted octanol–water partition coefficient (Wildman–Crippen LogP) is 4.86. The smallest absolute Gasteiger partial charge is 0.434 e. The van der Waals surface area contributed by atoms with Crippen molar-refractivity contribution >= 4 is 17.4 Å². The maximum atomic E-state index is 13.4. The number of alkyl halides is 3. The Bertz CT molecular complexity index is 970. The molecule has 0 unspecified atom stereocenters. The SMILES string of the molecule is COc1cnc(Cl)nc1N(C)CC12CCC(c3nc(C(F)(F)F)cn3C(C)C)(CC1)OC2. The topological polar surface area (TPSA) is 65.3 Å². The molecule has 0 atom stereocenters. The van der Waals surface area contributed by atoms with E-state index in [1.807, 2.05) is 25.8 Å². The molecular formula is C21H27ClF3N5O2. The summed E-state index contributed by atoms with van der Waals surface area (Å²) in [7, 11) is 3.46. The van der Waals surface area contributed by atoms with Gasteiger partial charge in [0, 0.05) is 31.2 Å². The Labute approximate surface area is 189 Å². The first-order chi connectivity index (χ1) is 15.0. The molecule has 11 heteroatoms. The Morgan fingerprint density at radius 3 is 2.47 bits per heavy atom. The van der Waals surface area contributed by atoms with Crippen molar-refractivity contribution in [1.82, 2.24) is 19.5 Å². The lowest BCUT2D eigenvalue weighted by Gasteiger charge is -2.53. The van der Waals surface area contributed by atoms with Crippen LogP contribution >= 0.6 is 11.6 Å². The highest BCUT2D eigenvalue weighted by molar-refractivity contribution is 6.28. The van der Waals surface area contributed by atoms with Gasteiger partial charge in [-0.1, -0.05) is 0 Å². The first kappa shape index (κ1) is 23.1. The van der Waals surface area contributed by atoms with E-state index in [0.717, 1.165) is 19.0 Å². The maximum Gasteiger partial charge on any atom is 0.434 e. The highest BCUT2D eigenvalue weighted by atomic mass is 35.5. The maximum absolute atomic E-state index is 13.4. The van der Waals surface area contributed by atoms with Gasteiger partial charge in [0.05, 0.1) is 19.9 Å². The molecule has 7 nitrogen and oxygen atoms in total. The zero-order chi connectivity index (χ0) is 23.3. The third-order valence-corrected chi connectivity index (χ3v) is 6.80. The number of methoxy groups -OCH3 is 1. The molecule has 2 bridgehead atoms. The van der Waals surface area contributed by atoms with Crippen LogP contribution in [0.5, 0.6) is 5.75 Å². The minimum Gasteiger partial charge on any atom is -0.491 e. The van der Waals surface area contributed by atoms with Gasteiger partial charge in [-0.3, -0.25) is 0 Å². The van der Waals surface area contributed by atoms with E-state index in [1.165, 1.54) is 6.20 Å². The minimum absolute atomic E-state index is 0.133. The molecule has 5 rings (SSSR count). The van der Waals surface area contributed by atoms with E-state index in [0.29, 0.717) is 43.4 Å². The second-order valence-electron chi connectivity index (χ2n) is 9.12. The summed E-state index contributed by atoms with van der Waals surface area (Å²) in [5.74, 6) is 1.49. The van der Waals surface area contributed by atoms with Gasteiger partial charge in [0.1, 0.15) is 11.4 Å². The van der Waals surface area contributed by atoms with Crippen LogP contribution in [-0.2, 0) is 16.5 Å². The van der Waals surface area contributed by atoms with Crippen LogP contribution in [0.4, 0.5) is 19.0 Å². The number of imidazole rings is 1. The van der Waals surface area contributed by atoms with Gasteiger partial charge in [-0.2, -0.15) is 18.2 Å². The molecule has 2 aromatic rings. The van der Waals surface area contributed by atoms with Crippen LogP contribution in [0.25, 0.3) is 0 Å². The fourth-order valence-corrected chi connectivity index (χ4v) is 4.98. The molecule has 0 amide bonds. The first-order valence-electron chi connectivity index (χ1n) is 10.6. The number of fused-ring (bicyclic) bond motifs is 3. The Balaban J connectivity index is 1.56. The fourth-order valence-electron chi connectivity index (χ4n) is 4.85. The highest BCUT2D eigenvalue weighted by Crippen LogP contribution is 2.54. The Kier molecular flexibility index (Phi) is 5.82. The van der Waals surface area contributed by atoms with Crippen LogP contribution in [-0.4, -0.2) is 46.8 Å². The van der Waals surface area contributed by atoms with Crippen LogP contribution in [0, 0.1) is 5.41 Å². The molecule has 1 aliphatic carbocycles. The van der Waals surface area contributed by atoms with Gasteiger partial charge in [-0.25, -0.2) is 9.97 Å². The van der Waals surface area contributed by atoms with Gasteiger partial charge in [0.15, 0.2) is 17.3 Å². The van der Waals surface area contributed by atoms with Crippen LogP contribution in [0.3, 0.4) is 0 Å². The minimum atomic E-state index is -4.49. The molecule has 0 spiro atoms. The van der Waals surface area contributed by atoms with Gasteiger partial charge in [-0.05, 0) is 51.1 Å². The Morgan fingerprint density at radius 2 is 1.94 bits per heavy atom. The normalized spacial score (nSPS) is 25.4. The van der Waals surface area contributed by atoms with E-state index in [9.17, 15) is 13.2 Å². The van der Waals surface area contributed by atoms with Crippen LogP contribution in [0.15, 0.2) is 12.4 Å². The number of ether oxygens (including phenoxy) is 2. The van der Waals surface area contributed by atoms with E-state index < -0.39 is 17.5 Å². The number of nitrogens with zero attached hydrogens (tertiary/aromatic N) is 5. The van der Waals surface area contributed by atoms with Gasteiger partial charge < -0.3 is 18.9 Å². The zero-order valence-corrected chi connectivity index (χ0v) is 19.3. The molecule has 176 valence electrons. The summed E-state index contributed by atoms with van der Waals surface area (Å²) < 4.78 is 53.4. The molecule has 0 radical (unpaired) electrons. The number of aromatic nitrogens is 4. The number of hydrogen-bond donors (Lipinski definition) is 0. The lowest BCUT2D eigenvalue weighted by Crippen LogP contribution is -2.54. The van der Waals surface area contributed by atoms with Crippen LogP contribution in [0.2, 0.25) is 5.28 Å². The average molecular weight is 474 g/mol. The highest BCUT2D eigenvalue weighted by Gasteiger charge is 2.54. The fraction of sp³-hybridized carbons (Fsp3) is 0.667. The van der Waals surface area contributed by atoms with E-state index in [2.05, 4.69) is 15.0 Å². The summed E-state index contributed by atoms with van der Waals surface area (Å²) in [4.78, 5) is 14.2. The molecule has 2 aliphatic heterocycles. The monoisotopic (exact) mass is 473 g/mol. The third-order valence-electron chi connectivity index (χ3n) is 6.62. The lowest BCUT2D eigenvalue weighted by atomic mass is 9.65. The quantitative estimate of drug-likeness (QED) is 0.558. The molecule has 3 fully saturated rings. The lowest BCUT2D eigenvalue weighted by molar-refractivity contribution is -0.192. The molecule has 3 aliphatic rings. The number of halogens is 4. The molecule has 0 aromatic carbocycles. The molecule has 32 heavy (non-hydrogen) atoms. The van der Waals surface area contributed by atoms with Crippen molar-refractivity contribution in [3.63, 3.8) is 0 Å². The summed E-state index contributed by atoms with van der Waals surface area (Å²) in [6.07, 6.45) is 1.00. The van der Waals surface area contributed by atoms with Crippen molar-refractivity contribution in [2.24, 2.45) is 5.41 Å². The first-order valence-corrected chi connectivity index (χ1v) is 10.9. The van der Waals surface area contributed by atoms with Gasteiger partial charge in [0.2, 0.25) is 5.28 Å². The van der Waals surface area contributed by atoms with Crippen LogP contribution in [0.1, 0.15) is 57.1 Å². The van der Waals surface area contributed by atoms with Gasteiger partial charge in [0.25, 0.3) is 0 Å². The molecule has 2 aromatic heterocycles. The molecule has 0 N–H and O–H groups in total. The zero-order valence-electron chi connectivity index (χ0n) is 18.5. The average Bonchev–Trinajstić information content (AvgIpc) is 3.22. The third kappa shape index (κ3) is 4.03. The summed E-state index contributed by atoms with van der Waals surface area (Å²) in [6.45, 7) is 4.80. The second-order valence-corrected chi connectivity index (χ2v) is 9.46.